The molecule has 0 fully saturated rings. The van der Waals surface area contributed by atoms with Gasteiger partial charge in [0.05, 0.1) is 7.11 Å². The predicted molar refractivity (Wildman–Crippen MR) is 33.3 cm³/mol. The van der Waals surface area contributed by atoms with Crippen molar-refractivity contribution in [3.63, 3.8) is 0 Å². The maximum absolute atomic E-state index is 10.6. The Balaban J connectivity index is 3.47. The molecule has 58 valence electrons. The number of esters is 1. The average Bonchev–Trinajstić information content (AvgIpc) is 1.88. The van der Waals surface area contributed by atoms with E-state index in [2.05, 4.69) is 4.74 Å². The summed E-state index contributed by atoms with van der Waals surface area (Å²) >= 11 is 0. The summed E-state index contributed by atoms with van der Waals surface area (Å²) in [6, 6.07) is 0. The van der Waals surface area contributed by atoms with Gasteiger partial charge in [0.25, 0.3) is 0 Å². The van der Waals surface area contributed by atoms with Crippen molar-refractivity contribution in [2.75, 3.05) is 13.7 Å². The van der Waals surface area contributed by atoms with Gasteiger partial charge in [0.1, 0.15) is 12.2 Å². The molecular formula is C6H10O4. The van der Waals surface area contributed by atoms with Gasteiger partial charge in [0, 0.05) is 13.0 Å². The van der Waals surface area contributed by atoms with Crippen molar-refractivity contribution in [3.8, 4) is 0 Å². The minimum Gasteiger partial charge on any atom is -0.469 e. The minimum atomic E-state index is -0.557. The monoisotopic (exact) mass is 146 g/mol. The quantitative estimate of drug-likeness (QED) is 0.429. The third-order valence-corrected chi connectivity index (χ3v) is 0.960. The highest BCUT2D eigenvalue weighted by Crippen LogP contribution is 1.90. The number of aliphatic hydroxyl groups is 1. The summed E-state index contributed by atoms with van der Waals surface area (Å²) in [6.45, 7) is -0.212. The number of hydrogen-bond acceptors (Lipinski definition) is 4. The number of ketones is 1. The zero-order valence-corrected chi connectivity index (χ0v) is 5.79. The summed E-state index contributed by atoms with van der Waals surface area (Å²) in [6.07, 6.45) is -0.216. The molecule has 0 spiro atoms. The van der Waals surface area contributed by atoms with Gasteiger partial charge in [-0.05, 0) is 0 Å². The van der Waals surface area contributed by atoms with Gasteiger partial charge in [-0.25, -0.2) is 0 Å². The van der Waals surface area contributed by atoms with Crippen LogP contribution in [0.1, 0.15) is 12.8 Å². The fourth-order valence-corrected chi connectivity index (χ4v) is 0.446. The Bertz CT molecular complexity index is 130. The van der Waals surface area contributed by atoms with Crippen LogP contribution in [0.4, 0.5) is 0 Å². The first kappa shape index (κ1) is 9.10. The Morgan fingerprint density at radius 3 is 2.50 bits per heavy atom. The number of ether oxygens (including phenoxy) is 1. The third kappa shape index (κ3) is 4.03. The van der Waals surface area contributed by atoms with E-state index in [4.69, 9.17) is 5.11 Å². The second kappa shape index (κ2) is 4.93. The Morgan fingerprint density at radius 1 is 1.50 bits per heavy atom. The van der Waals surface area contributed by atoms with Crippen LogP contribution in [0.3, 0.4) is 0 Å². The van der Waals surface area contributed by atoms with Crippen molar-refractivity contribution in [1.82, 2.24) is 0 Å². The molecule has 0 heterocycles. The number of rotatable bonds is 4. The van der Waals surface area contributed by atoms with Gasteiger partial charge in [-0.1, -0.05) is 0 Å². The lowest BCUT2D eigenvalue weighted by Gasteiger charge is -1.95. The van der Waals surface area contributed by atoms with Gasteiger partial charge in [0.2, 0.25) is 0 Å². The number of methoxy groups -OCH3 is 1. The molecule has 0 aliphatic heterocycles. The van der Waals surface area contributed by atoms with Gasteiger partial charge in [-0.3, -0.25) is 9.59 Å². The van der Waals surface area contributed by atoms with E-state index in [0.717, 1.165) is 0 Å². The Hall–Kier alpha value is -0.900. The largest absolute Gasteiger partial charge is 0.469 e. The van der Waals surface area contributed by atoms with Crippen molar-refractivity contribution in [2.24, 2.45) is 0 Å². The second-order valence-corrected chi connectivity index (χ2v) is 1.77. The molecule has 0 aromatic rings. The highest BCUT2D eigenvalue weighted by atomic mass is 16.5. The first-order valence-electron chi connectivity index (χ1n) is 2.90. The first-order valence-corrected chi connectivity index (χ1v) is 2.90. The maximum atomic E-state index is 10.6. The van der Waals surface area contributed by atoms with Crippen molar-refractivity contribution >= 4 is 11.8 Å². The number of aliphatic hydroxyl groups excluding tert-OH is 1. The van der Waals surface area contributed by atoms with Gasteiger partial charge in [-0.2, -0.15) is 0 Å². The van der Waals surface area contributed by atoms with E-state index in [1.54, 1.807) is 0 Å². The number of carbonyl (C=O) groups excluding carboxylic acids is 2. The molecule has 0 rings (SSSR count). The molecule has 0 atom stereocenters. The van der Waals surface area contributed by atoms with Gasteiger partial charge >= 0.3 is 5.97 Å². The Kier molecular flexibility index (Phi) is 4.49. The van der Waals surface area contributed by atoms with Crippen LogP contribution >= 0.6 is 0 Å². The topological polar surface area (TPSA) is 63.6 Å². The highest BCUT2D eigenvalue weighted by Gasteiger charge is 2.07. The third-order valence-electron chi connectivity index (χ3n) is 0.960. The zero-order chi connectivity index (χ0) is 7.98. The number of carbonyl (C=O) groups is 2. The van der Waals surface area contributed by atoms with E-state index in [9.17, 15) is 9.59 Å². The zero-order valence-electron chi connectivity index (χ0n) is 5.79. The van der Waals surface area contributed by atoms with E-state index in [-0.39, 0.29) is 25.2 Å². The lowest BCUT2D eigenvalue weighted by Crippen LogP contribution is -2.10. The van der Waals surface area contributed by atoms with E-state index in [0.29, 0.717) is 0 Å². The SMILES string of the molecule is COC(=O)CC(=O)CCO. The summed E-state index contributed by atoms with van der Waals surface area (Å²) in [4.78, 5) is 20.9. The van der Waals surface area contributed by atoms with Gasteiger partial charge in [-0.15, -0.1) is 0 Å². The standard InChI is InChI=1S/C6H10O4/c1-10-6(9)4-5(8)2-3-7/h7H,2-4H2,1H3. The second-order valence-electron chi connectivity index (χ2n) is 1.77. The summed E-state index contributed by atoms with van der Waals surface area (Å²) in [5.74, 6) is -0.854. The van der Waals surface area contributed by atoms with E-state index in [1.807, 2.05) is 0 Å². The smallest absolute Gasteiger partial charge is 0.313 e. The summed E-state index contributed by atoms with van der Waals surface area (Å²) in [5, 5.41) is 8.25. The predicted octanol–water partition coefficient (Wildman–Crippen LogP) is -0.499. The van der Waals surface area contributed by atoms with Crippen molar-refractivity contribution in [1.29, 1.82) is 0 Å². The highest BCUT2D eigenvalue weighted by molar-refractivity contribution is 5.95. The van der Waals surface area contributed by atoms with Crippen LogP contribution in [0.25, 0.3) is 0 Å². The molecule has 0 unspecified atom stereocenters. The Morgan fingerprint density at radius 2 is 2.10 bits per heavy atom. The molecule has 1 N–H and O–H groups in total. The molecule has 0 bridgehead atoms. The summed E-state index contributed by atoms with van der Waals surface area (Å²) in [7, 11) is 1.22. The van der Waals surface area contributed by atoms with Crippen molar-refractivity contribution in [2.45, 2.75) is 12.8 Å². The van der Waals surface area contributed by atoms with Crippen LogP contribution < -0.4 is 0 Å². The lowest BCUT2D eigenvalue weighted by atomic mass is 10.2. The molecule has 4 nitrogen and oxygen atoms in total. The van der Waals surface area contributed by atoms with Gasteiger partial charge < -0.3 is 9.84 Å². The fourth-order valence-electron chi connectivity index (χ4n) is 0.446. The average molecular weight is 146 g/mol. The van der Waals surface area contributed by atoms with E-state index in [1.165, 1.54) is 7.11 Å². The maximum Gasteiger partial charge on any atom is 0.313 e. The first-order chi connectivity index (χ1) is 4.70. The molecule has 0 radical (unpaired) electrons. The van der Waals surface area contributed by atoms with Crippen molar-refractivity contribution in [3.05, 3.63) is 0 Å². The van der Waals surface area contributed by atoms with E-state index < -0.39 is 5.97 Å². The molecule has 0 aromatic heterocycles. The minimum absolute atomic E-state index is 0.0229. The molecular weight excluding hydrogens is 136 g/mol. The molecule has 0 amide bonds. The summed E-state index contributed by atoms with van der Waals surface area (Å²) in [5.41, 5.74) is 0. The van der Waals surface area contributed by atoms with Crippen LogP contribution in [0, 0.1) is 0 Å². The molecule has 0 aromatic carbocycles. The van der Waals surface area contributed by atoms with Gasteiger partial charge in [0.15, 0.2) is 0 Å². The molecule has 4 heteroatoms. The normalized spacial score (nSPS) is 9.00. The lowest BCUT2D eigenvalue weighted by molar-refractivity contribution is -0.143. The van der Waals surface area contributed by atoms with Crippen LogP contribution in [0.5, 0.6) is 0 Å². The molecule has 0 saturated carbocycles. The molecule has 10 heavy (non-hydrogen) atoms. The molecule has 0 aliphatic carbocycles. The number of Topliss-reactive ketones (excluding diaryl/α,β-unsaturated/α-hetero) is 1. The van der Waals surface area contributed by atoms with Crippen LogP contribution in [-0.2, 0) is 14.3 Å². The molecule has 0 aliphatic rings. The van der Waals surface area contributed by atoms with Crippen molar-refractivity contribution < 1.29 is 19.4 Å². The van der Waals surface area contributed by atoms with Crippen LogP contribution in [-0.4, -0.2) is 30.6 Å². The van der Waals surface area contributed by atoms with E-state index >= 15 is 0 Å². The van der Waals surface area contributed by atoms with Crippen LogP contribution in [0.2, 0.25) is 0 Å². The van der Waals surface area contributed by atoms with Crippen LogP contribution in [0.15, 0.2) is 0 Å². The number of hydrogen-bond donors (Lipinski definition) is 1. The summed E-state index contributed by atoms with van der Waals surface area (Å²) < 4.78 is 4.23. The Labute approximate surface area is 58.8 Å². The molecule has 0 saturated heterocycles. The fraction of sp³-hybridized carbons (Fsp3) is 0.667.